The van der Waals surface area contributed by atoms with Gasteiger partial charge in [0.05, 0.1) is 6.04 Å². The normalized spacial score (nSPS) is 15.8. The number of hydrogen-bond acceptors (Lipinski definition) is 4. The summed E-state index contributed by atoms with van der Waals surface area (Å²) in [7, 11) is 0. The Hall–Kier alpha value is -2.60. The van der Waals surface area contributed by atoms with Gasteiger partial charge in [-0.3, -0.25) is 4.79 Å². The van der Waals surface area contributed by atoms with Crippen molar-refractivity contribution in [2.45, 2.75) is 26.8 Å². The van der Waals surface area contributed by atoms with Gasteiger partial charge >= 0.3 is 0 Å². The summed E-state index contributed by atoms with van der Waals surface area (Å²) < 4.78 is 19.6. The summed E-state index contributed by atoms with van der Waals surface area (Å²) in [5.41, 5.74) is 2.75. The quantitative estimate of drug-likeness (QED) is 0.774. The molecule has 0 spiro atoms. The third kappa shape index (κ3) is 5.48. The third-order valence-corrected chi connectivity index (χ3v) is 5.45. The van der Waals surface area contributed by atoms with Crippen molar-refractivity contribution >= 4 is 11.6 Å². The molecular formula is C23H30FN3O2. The molecule has 1 saturated heterocycles. The largest absolute Gasteiger partial charge is 0.484 e. The molecule has 29 heavy (non-hydrogen) atoms. The molecule has 0 unspecified atom stereocenters. The number of piperazine rings is 1. The molecule has 2 aromatic rings. The zero-order valence-electron chi connectivity index (χ0n) is 17.5. The van der Waals surface area contributed by atoms with Gasteiger partial charge in [-0.2, -0.15) is 0 Å². The zero-order chi connectivity index (χ0) is 20.8. The average molecular weight is 400 g/mol. The van der Waals surface area contributed by atoms with Gasteiger partial charge in [-0.15, -0.1) is 0 Å². The van der Waals surface area contributed by atoms with Crippen molar-refractivity contribution < 1.29 is 13.9 Å². The second kappa shape index (κ2) is 9.74. The maximum Gasteiger partial charge on any atom is 0.258 e. The summed E-state index contributed by atoms with van der Waals surface area (Å²) in [5.74, 6) is 0.163. The fourth-order valence-electron chi connectivity index (χ4n) is 3.69. The van der Waals surface area contributed by atoms with Crippen LogP contribution in [0.1, 0.15) is 31.0 Å². The van der Waals surface area contributed by atoms with Crippen LogP contribution < -0.4 is 15.0 Å². The molecule has 0 aromatic heterocycles. The van der Waals surface area contributed by atoms with Crippen LogP contribution in [0.4, 0.5) is 10.1 Å². The van der Waals surface area contributed by atoms with Crippen molar-refractivity contribution in [2.75, 3.05) is 44.2 Å². The van der Waals surface area contributed by atoms with E-state index < -0.39 is 0 Å². The Morgan fingerprint density at radius 1 is 1.17 bits per heavy atom. The van der Waals surface area contributed by atoms with E-state index in [0.29, 0.717) is 5.75 Å². The van der Waals surface area contributed by atoms with Gasteiger partial charge in [-0.25, -0.2) is 4.39 Å². The lowest BCUT2D eigenvalue weighted by Crippen LogP contribution is -2.46. The van der Waals surface area contributed by atoms with Gasteiger partial charge in [0.2, 0.25) is 0 Å². The van der Waals surface area contributed by atoms with E-state index in [9.17, 15) is 9.18 Å². The Kier molecular flexibility index (Phi) is 7.09. The van der Waals surface area contributed by atoms with Gasteiger partial charge in [-0.05, 0) is 50.2 Å². The summed E-state index contributed by atoms with van der Waals surface area (Å²) >= 11 is 0. The van der Waals surface area contributed by atoms with E-state index in [1.807, 2.05) is 44.2 Å². The molecule has 6 heteroatoms. The molecule has 0 aliphatic carbocycles. The molecule has 1 aliphatic heterocycles. The molecule has 0 bridgehead atoms. The Bertz CT molecular complexity index is 835. The van der Waals surface area contributed by atoms with Crippen molar-refractivity contribution in [3.63, 3.8) is 0 Å². The first-order valence-electron chi connectivity index (χ1n) is 10.2. The van der Waals surface area contributed by atoms with Crippen molar-refractivity contribution in [1.29, 1.82) is 0 Å². The van der Waals surface area contributed by atoms with Crippen LogP contribution in [0.3, 0.4) is 0 Å². The van der Waals surface area contributed by atoms with Gasteiger partial charge in [0.1, 0.15) is 11.6 Å². The first-order valence-corrected chi connectivity index (χ1v) is 10.2. The summed E-state index contributed by atoms with van der Waals surface area (Å²) in [5, 5.41) is 2.94. The highest BCUT2D eigenvalue weighted by molar-refractivity contribution is 5.78. The predicted octanol–water partition coefficient (Wildman–Crippen LogP) is 3.53. The number of hydrogen-bond donors (Lipinski definition) is 1. The summed E-state index contributed by atoms with van der Waals surface area (Å²) in [6, 6.07) is 12.1. The number of para-hydroxylation sites is 1. The van der Waals surface area contributed by atoms with Crippen LogP contribution in [0.25, 0.3) is 0 Å². The van der Waals surface area contributed by atoms with Crippen LogP contribution in [-0.4, -0.2) is 50.1 Å². The van der Waals surface area contributed by atoms with Gasteiger partial charge in [0.15, 0.2) is 6.61 Å². The van der Waals surface area contributed by atoms with Crippen LogP contribution in [-0.2, 0) is 4.79 Å². The van der Waals surface area contributed by atoms with E-state index in [1.54, 1.807) is 0 Å². The Balaban J connectivity index is 1.65. The number of amides is 1. The first-order chi connectivity index (χ1) is 14.0. The van der Waals surface area contributed by atoms with E-state index >= 15 is 0 Å². The van der Waals surface area contributed by atoms with Crippen LogP contribution in [0.15, 0.2) is 42.5 Å². The lowest BCUT2D eigenvalue weighted by molar-refractivity contribution is -0.123. The number of nitrogens with zero attached hydrogens (tertiary/aromatic N) is 2. The molecule has 5 nitrogen and oxygen atoms in total. The summed E-state index contributed by atoms with van der Waals surface area (Å²) in [6.45, 7) is 10.7. The maximum absolute atomic E-state index is 14.0. The topological polar surface area (TPSA) is 44.8 Å². The molecule has 0 radical (unpaired) electrons. The molecule has 3 rings (SSSR count). The Morgan fingerprint density at radius 3 is 2.59 bits per heavy atom. The number of carbonyl (C=O) groups is 1. The molecule has 1 aliphatic rings. The smallest absolute Gasteiger partial charge is 0.258 e. The van der Waals surface area contributed by atoms with E-state index in [-0.39, 0.29) is 24.4 Å². The second-order valence-corrected chi connectivity index (χ2v) is 7.47. The fourth-order valence-corrected chi connectivity index (χ4v) is 3.69. The van der Waals surface area contributed by atoms with Gasteiger partial charge < -0.3 is 19.9 Å². The molecular weight excluding hydrogens is 369 g/mol. The molecule has 1 atom stereocenters. The van der Waals surface area contributed by atoms with Crippen LogP contribution in [0.5, 0.6) is 5.75 Å². The SMILES string of the molecule is CCN1CCN(c2ccc(F)cc2[C@H](C)NC(=O)COc2ccccc2C)CC1. The first kappa shape index (κ1) is 21.1. The number of carbonyl (C=O) groups excluding carboxylic acids is 1. The van der Waals surface area contributed by atoms with E-state index in [2.05, 4.69) is 22.0 Å². The Labute approximate surface area is 172 Å². The highest BCUT2D eigenvalue weighted by Crippen LogP contribution is 2.28. The van der Waals surface area contributed by atoms with Crippen molar-refractivity contribution in [1.82, 2.24) is 10.2 Å². The third-order valence-electron chi connectivity index (χ3n) is 5.45. The summed E-state index contributed by atoms with van der Waals surface area (Å²) in [6.07, 6.45) is 0. The molecule has 156 valence electrons. The predicted molar refractivity (Wildman–Crippen MR) is 114 cm³/mol. The van der Waals surface area contributed by atoms with E-state index in [4.69, 9.17) is 4.74 Å². The number of nitrogens with one attached hydrogen (secondary N) is 1. The molecule has 2 aromatic carbocycles. The highest BCUT2D eigenvalue weighted by Gasteiger charge is 2.22. The van der Waals surface area contributed by atoms with Gasteiger partial charge in [0, 0.05) is 37.4 Å². The number of rotatable bonds is 7. The van der Waals surface area contributed by atoms with Gasteiger partial charge in [-0.1, -0.05) is 25.1 Å². The maximum atomic E-state index is 14.0. The average Bonchev–Trinajstić information content (AvgIpc) is 2.73. The molecule has 1 fully saturated rings. The molecule has 1 heterocycles. The minimum atomic E-state index is -0.321. The number of ether oxygens (including phenoxy) is 1. The van der Waals surface area contributed by atoms with Crippen LogP contribution >= 0.6 is 0 Å². The van der Waals surface area contributed by atoms with E-state index in [0.717, 1.165) is 49.5 Å². The van der Waals surface area contributed by atoms with Crippen molar-refractivity contribution in [2.24, 2.45) is 0 Å². The molecule has 1 amide bonds. The number of likely N-dealkylation sites (N-methyl/N-ethyl adjacent to an activating group) is 1. The molecule has 0 saturated carbocycles. The fraction of sp³-hybridized carbons (Fsp3) is 0.435. The number of benzene rings is 2. The number of halogens is 1. The monoisotopic (exact) mass is 399 g/mol. The second-order valence-electron chi connectivity index (χ2n) is 7.47. The van der Waals surface area contributed by atoms with Crippen LogP contribution in [0.2, 0.25) is 0 Å². The lowest BCUT2D eigenvalue weighted by atomic mass is 10.0. The van der Waals surface area contributed by atoms with Gasteiger partial charge in [0.25, 0.3) is 5.91 Å². The number of aryl methyl sites for hydroxylation is 1. The van der Waals surface area contributed by atoms with Crippen molar-refractivity contribution in [3.05, 3.63) is 59.4 Å². The van der Waals surface area contributed by atoms with E-state index in [1.165, 1.54) is 12.1 Å². The Morgan fingerprint density at radius 2 is 1.90 bits per heavy atom. The minimum absolute atomic E-state index is 0.0744. The van der Waals surface area contributed by atoms with Crippen molar-refractivity contribution in [3.8, 4) is 5.75 Å². The summed E-state index contributed by atoms with van der Waals surface area (Å²) in [4.78, 5) is 17.1. The highest BCUT2D eigenvalue weighted by atomic mass is 19.1. The lowest BCUT2D eigenvalue weighted by Gasteiger charge is -2.37. The van der Waals surface area contributed by atoms with Crippen LogP contribution in [0, 0.1) is 12.7 Å². The standard InChI is InChI=1S/C23H30FN3O2/c1-4-26-11-13-27(14-12-26)21-10-9-19(24)15-20(21)18(3)25-23(28)16-29-22-8-6-5-7-17(22)2/h5-10,15,18H,4,11-14,16H2,1-3H3,(H,25,28)/t18-/m0/s1. The minimum Gasteiger partial charge on any atom is -0.484 e. The number of anilines is 1. The zero-order valence-corrected chi connectivity index (χ0v) is 17.5. The molecule has 1 N–H and O–H groups in total.